The summed E-state index contributed by atoms with van der Waals surface area (Å²) in [5.74, 6) is 0.681. The molecule has 1 heterocycles. The molecule has 0 atom stereocenters. The lowest BCUT2D eigenvalue weighted by atomic mass is 9.85. The van der Waals surface area contributed by atoms with Crippen LogP contribution in [-0.2, 0) is 0 Å². The molecule has 1 aliphatic rings. The van der Waals surface area contributed by atoms with Crippen molar-refractivity contribution in [2.24, 2.45) is 4.99 Å². The number of aliphatic hydroxyl groups is 1. The molecular weight excluding hydrogens is 426 g/mol. The Bertz CT molecular complexity index is 1410. The number of aliphatic imine (C=N–C) groups is 1. The maximum absolute atomic E-state index is 14.0. The first kappa shape index (κ1) is 21.2. The molecule has 3 nitrogen and oxygen atoms in total. The zero-order chi connectivity index (χ0) is 22.8. The van der Waals surface area contributed by atoms with Gasteiger partial charge in [0.1, 0.15) is 5.76 Å². The molecule has 1 aliphatic heterocycles. The smallest absolute Gasteiger partial charge is 0.197 e. The van der Waals surface area contributed by atoms with Crippen LogP contribution in [0, 0.1) is 6.92 Å². The van der Waals surface area contributed by atoms with Crippen LogP contribution in [-0.4, -0.2) is 28.2 Å². The summed E-state index contributed by atoms with van der Waals surface area (Å²) >= 11 is 1.70. The molecule has 4 aromatic carbocycles. The second-order valence-corrected chi connectivity index (χ2v) is 9.07. The average molecular weight is 450 g/mol. The minimum atomic E-state index is -0.208. The molecule has 0 saturated heterocycles. The van der Waals surface area contributed by atoms with E-state index in [0.29, 0.717) is 16.7 Å². The molecule has 1 N–H and O–H groups in total. The lowest BCUT2D eigenvalue weighted by molar-refractivity contribution is 0.105. The number of benzene rings is 4. The first-order chi connectivity index (χ1) is 16.1. The third-order valence-electron chi connectivity index (χ3n) is 5.84. The van der Waals surface area contributed by atoms with Crippen molar-refractivity contribution in [3.05, 3.63) is 119 Å². The Morgan fingerprint density at radius 3 is 2.18 bits per heavy atom. The molecule has 5 rings (SSSR count). The lowest BCUT2D eigenvalue weighted by Gasteiger charge is -2.20. The minimum Gasteiger partial charge on any atom is -0.507 e. The van der Waals surface area contributed by atoms with E-state index in [0.717, 1.165) is 44.8 Å². The fraction of sp³-hybridized carbons (Fsp3) is 0.103. The number of allylic oxidation sites excluding steroid dienone is 1. The van der Waals surface area contributed by atoms with Crippen LogP contribution in [0.5, 0.6) is 0 Å². The van der Waals surface area contributed by atoms with Gasteiger partial charge in [0.2, 0.25) is 0 Å². The quantitative estimate of drug-likeness (QED) is 0.155. The number of thioether (sulfide) groups is 1. The molecule has 4 heteroatoms. The highest BCUT2D eigenvalue weighted by molar-refractivity contribution is 8.14. The summed E-state index contributed by atoms with van der Waals surface area (Å²) in [4.78, 5) is 18.7. The molecule has 0 unspecified atom stereocenters. The first-order valence-corrected chi connectivity index (χ1v) is 11.9. The molecule has 0 spiro atoms. The van der Waals surface area contributed by atoms with Gasteiger partial charge in [0.15, 0.2) is 5.78 Å². The predicted molar refractivity (Wildman–Crippen MR) is 139 cm³/mol. The molecule has 0 bridgehead atoms. The number of hydrogen-bond donors (Lipinski definition) is 1. The highest BCUT2D eigenvalue weighted by atomic mass is 32.2. The number of nitrogens with zero attached hydrogens (tertiary/aromatic N) is 1. The molecule has 0 fully saturated rings. The second-order valence-electron chi connectivity index (χ2n) is 7.98. The van der Waals surface area contributed by atoms with Crippen LogP contribution in [0.2, 0.25) is 0 Å². The van der Waals surface area contributed by atoms with Gasteiger partial charge in [-0.25, -0.2) is 0 Å². The molecule has 0 aliphatic carbocycles. The summed E-state index contributed by atoms with van der Waals surface area (Å²) < 4.78 is 0. The number of aryl methyl sites for hydroxylation is 1. The van der Waals surface area contributed by atoms with E-state index in [-0.39, 0.29) is 11.5 Å². The molecule has 0 aromatic heterocycles. The van der Waals surface area contributed by atoms with Crippen molar-refractivity contribution < 1.29 is 9.90 Å². The molecule has 0 saturated carbocycles. The van der Waals surface area contributed by atoms with E-state index in [1.165, 1.54) is 0 Å². The van der Waals surface area contributed by atoms with Crippen LogP contribution in [0.4, 0.5) is 0 Å². The number of fused-ring (bicyclic) bond motifs is 1. The zero-order valence-electron chi connectivity index (χ0n) is 18.3. The minimum absolute atomic E-state index is 0.0207. The standard InChI is InChI=1S/C29H23NO2S/c1-19-18-22-14-8-9-15-23(22)25(29-30-16-17-33-29)24(19)26(27(31)20-10-4-2-5-11-20)28(32)21-12-6-3-7-13-21/h2-15,18,31H,16-17H2,1H3. The Kier molecular flexibility index (Phi) is 5.84. The van der Waals surface area contributed by atoms with Gasteiger partial charge in [-0.2, -0.15) is 0 Å². The van der Waals surface area contributed by atoms with E-state index in [1.54, 1.807) is 23.9 Å². The van der Waals surface area contributed by atoms with Crippen molar-refractivity contribution in [3.63, 3.8) is 0 Å². The van der Waals surface area contributed by atoms with Crippen LogP contribution in [0.3, 0.4) is 0 Å². The number of Topliss-reactive ketones (excluding diaryl/α,β-unsaturated/α-hetero) is 1. The number of ketones is 1. The second kappa shape index (κ2) is 9.08. The van der Waals surface area contributed by atoms with Gasteiger partial charge in [-0.15, -0.1) is 11.8 Å². The van der Waals surface area contributed by atoms with E-state index in [4.69, 9.17) is 4.99 Å². The van der Waals surface area contributed by atoms with Gasteiger partial charge in [0.25, 0.3) is 0 Å². The number of rotatable bonds is 5. The zero-order valence-corrected chi connectivity index (χ0v) is 19.1. The molecule has 4 aromatic rings. The lowest BCUT2D eigenvalue weighted by Crippen LogP contribution is -2.12. The van der Waals surface area contributed by atoms with Crippen molar-refractivity contribution in [1.29, 1.82) is 0 Å². The van der Waals surface area contributed by atoms with E-state index in [2.05, 4.69) is 18.2 Å². The van der Waals surface area contributed by atoms with Crippen LogP contribution < -0.4 is 0 Å². The molecule has 0 radical (unpaired) electrons. The van der Waals surface area contributed by atoms with Gasteiger partial charge in [-0.05, 0) is 23.3 Å². The Hall–Kier alpha value is -3.63. The fourth-order valence-electron chi connectivity index (χ4n) is 4.33. The van der Waals surface area contributed by atoms with Crippen molar-refractivity contribution >= 4 is 44.7 Å². The van der Waals surface area contributed by atoms with Crippen LogP contribution >= 0.6 is 11.8 Å². The normalized spacial score (nSPS) is 14.2. The van der Waals surface area contributed by atoms with Gasteiger partial charge >= 0.3 is 0 Å². The van der Waals surface area contributed by atoms with Gasteiger partial charge < -0.3 is 5.11 Å². The van der Waals surface area contributed by atoms with E-state index < -0.39 is 0 Å². The van der Waals surface area contributed by atoms with Crippen LogP contribution in [0.1, 0.15) is 32.6 Å². The van der Waals surface area contributed by atoms with Gasteiger partial charge in [0, 0.05) is 34.6 Å². The third-order valence-corrected chi connectivity index (χ3v) is 6.84. The molecule has 33 heavy (non-hydrogen) atoms. The fourth-order valence-corrected chi connectivity index (χ4v) is 5.25. The van der Waals surface area contributed by atoms with Crippen molar-refractivity contribution in [1.82, 2.24) is 0 Å². The summed E-state index contributed by atoms with van der Waals surface area (Å²) in [5, 5.41) is 14.6. The first-order valence-electron chi connectivity index (χ1n) is 10.9. The Labute approximate surface area is 197 Å². The van der Waals surface area contributed by atoms with E-state index in [1.807, 2.05) is 67.6 Å². The summed E-state index contributed by atoms with van der Waals surface area (Å²) in [7, 11) is 0. The highest BCUT2D eigenvalue weighted by Gasteiger charge is 2.28. The van der Waals surface area contributed by atoms with Crippen molar-refractivity contribution in [2.45, 2.75) is 6.92 Å². The maximum Gasteiger partial charge on any atom is 0.197 e. The highest BCUT2D eigenvalue weighted by Crippen LogP contribution is 2.39. The van der Waals surface area contributed by atoms with Gasteiger partial charge in [-0.1, -0.05) is 91.0 Å². The summed E-state index contributed by atoms with van der Waals surface area (Å²) in [6, 6.07) is 28.7. The Morgan fingerprint density at radius 1 is 0.879 bits per heavy atom. The largest absolute Gasteiger partial charge is 0.507 e. The molecule has 162 valence electrons. The van der Waals surface area contributed by atoms with Crippen LogP contribution in [0.15, 0.2) is 96.0 Å². The third kappa shape index (κ3) is 3.98. The monoisotopic (exact) mass is 449 g/mol. The number of carbonyl (C=O) groups excluding carboxylic acids is 1. The van der Waals surface area contributed by atoms with Gasteiger partial charge in [0.05, 0.1) is 10.6 Å². The summed E-state index contributed by atoms with van der Waals surface area (Å²) in [5.41, 5.74) is 4.05. The van der Waals surface area contributed by atoms with Crippen molar-refractivity contribution in [3.8, 4) is 0 Å². The number of carbonyl (C=O) groups is 1. The van der Waals surface area contributed by atoms with Gasteiger partial charge in [-0.3, -0.25) is 9.79 Å². The number of hydrogen-bond acceptors (Lipinski definition) is 4. The average Bonchev–Trinajstić information content (AvgIpc) is 3.40. The maximum atomic E-state index is 14.0. The SMILES string of the molecule is Cc1cc2ccccc2c(C2=NCCS2)c1C(C(=O)c1ccccc1)=C(O)c1ccccc1. The topological polar surface area (TPSA) is 49.7 Å². The summed E-state index contributed by atoms with van der Waals surface area (Å²) in [6.07, 6.45) is 0. The van der Waals surface area contributed by atoms with Crippen LogP contribution in [0.25, 0.3) is 22.1 Å². The predicted octanol–water partition coefficient (Wildman–Crippen LogP) is 6.95. The van der Waals surface area contributed by atoms with Crippen molar-refractivity contribution in [2.75, 3.05) is 12.3 Å². The Balaban J connectivity index is 1.88. The molecular formula is C29H23NO2S. The summed E-state index contributed by atoms with van der Waals surface area (Å²) in [6.45, 7) is 2.75. The van der Waals surface area contributed by atoms with E-state index in [9.17, 15) is 9.90 Å². The number of aliphatic hydroxyl groups excluding tert-OH is 1. The molecule has 0 amide bonds. The van der Waals surface area contributed by atoms with E-state index >= 15 is 0 Å². The Morgan fingerprint density at radius 2 is 1.52 bits per heavy atom.